The summed E-state index contributed by atoms with van der Waals surface area (Å²) in [6, 6.07) is 0. The van der Waals surface area contributed by atoms with Crippen LogP contribution in [-0.2, 0) is 4.79 Å². The number of rotatable bonds is 15. The molecule has 10 nitrogen and oxygen atoms in total. The smallest absolute Gasteiger partial charge is 0.252 e. The molecule has 0 aliphatic rings. The molecule has 10 heteroatoms. The first-order valence-electron chi connectivity index (χ1n) is 7.75. The molecule has 0 aromatic heterocycles. The molecule has 22 heavy (non-hydrogen) atoms. The van der Waals surface area contributed by atoms with Crippen LogP contribution in [0.15, 0.2) is 0 Å². The van der Waals surface area contributed by atoms with Crippen molar-refractivity contribution in [3.63, 3.8) is 0 Å². The van der Waals surface area contributed by atoms with Crippen molar-refractivity contribution in [2.75, 3.05) is 39.3 Å². The van der Waals surface area contributed by atoms with E-state index in [0.29, 0.717) is 6.54 Å². The summed E-state index contributed by atoms with van der Waals surface area (Å²) in [7, 11) is 0. The minimum atomic E-state index is -0.873. The first-order valence-corrected chi connectivity index (χ1v) is 7.75. The molecular formula is C12H33N9O. The maximum Gasteiger partial charge on any atom is 0.252 e. The van der Waals surface area contributed by atoms with Gasteiger partial charge in [-0.2, -0.15) is 0 Å². The Labute approximate surface area is 132 Å². The van der Waals surface area contributed by atoms with Gasteiger partial charge in [-0.1, -0.05) is 0 Å². The van der Waals surface area contributed by atoms with Gasteiger partial charge in [-0.25, -0.2) is 10.4 Å². The van der Waals surface area contributed by atoms with Gasteiger partial charge in [-0.05, 0) is 38.8 Å². The number of unbranched alkanes of at least 4 members (excludes halogenated alkanes) is 1. The van der Waals surface area contributed by atoms with E-state index in [0.717, 1.165) is 58.4 Å². The van der Waals surface area contributed by atoms with Crippen molar-refractivity contribution in [3.8, 4) is 0 Å². The Kier molecular flexibility index (Phi) is 14.5. The van der Waals surface area contributed by atoms with Crippen molar-refractivity contribution in [1.82, 2.24) is 26.5 Å². The number of hydrazine groups is 3. The third-order valence-corrected chi connectivity index (χ3v) is 3.11. The van der Waals surface area contributed by atoms with Crippen molar-refractivity contribution in [3.05, 3.63) is 0 Å². The van der Waals surface area contributed by atoms with Crippen LogP contribution in [0.1, 0.15) is 25.7 Å². The first-order chi connectivity index (χ1) is 10.6. The van der Waals surface area contributed by atoms with Crippen molar-refractivity contribution >= 4 is 5.91 Å². The summed E-state index contributed by atoms with van der Waals surface area (Å²) in [5.74, 6) is 15.8. The number of carbonyl (C=O) groups excluding carboxylic acids is 1. The van der Waals surface area contributed by atoms with Gasteiger partial charge < -0.3 is 16.4 Å². The molecule has 0 rings (SSSR count). The Morgan fingerprint density at radius 3 is 2.32 bits per heavy atom. The zero-order valence-electron chi connectivity index (χ0n) is 13.3. The molecule has 1 atom stereocenters. The SMILES string of the molecule is NNCCCNCCCCN(N)CCCNC(=O)C(N)NN. The predicted molar refractivity (Wildman–Crippen MR) is 87.6 cm³/mol. The predicted octanol–water partition coefficient (Wildman–Crippen LogP) is -3.36. The molecule has 0 saturated heterocycles. The van der Waals surface area contributed by atoms with Crippen LogP contribution in [-0.4, -0.2) is 56.4 Å². The van der Waals surface area contributed by atoms with Crippen molar-refractivity contribution in [2.45, 2.75) is 31.8 Å². The van der Waals surface area contributed by atoms with Gasteiger partial charge in [0.2, 0.25) is 0 Å². The van der Waals surface area contributed by atoms with Gasteiger partial charge in [0.1, 0.15) is 6.17 Å². The highest BCUT2D eigenvalue weighted by atomic mass is 16.2. The van der Waals surface area contributed by atoms with Crippen LogP contribution in [0.2, 0.25) is 0 Å². The molecule has 1 amide bonds. The number of amides is 1. The molecule has 1 unspecified atom stereocenters. The molecule has 0 heterocycles. The Hall–Kier alpha value is -0.850. The molecule has 0 aliphatic heterocycles. The zero-order valence-corrected chi connectivity index (χ0v) is 13.3. The number of nitrogens with one attached hydrogen (secondary N) is 4. The lowest BCUT2D eigenvalue weighted by Crippen LogP contribution is -2.53. The van der Waals surface area contributed by atoms with E-state index in [4.69, 9.17) is 23.3 Å². The molecule has 0 aromatic carbocycles. The van der Waals surface area contributed by atoms with Gasteiger partial charge in [0.05, 0.1) is 0 Å². The molecule has 0 saturated carbocycles. The average Bonchev–Trinajstić information content (AvgIpc) is 2.53. The molecule has 0 radical (unpaired) electrons. The fourth-order valence-electron chi connectivity index (χ4n) is 1.80. The van der Waals surface area contributed by atoms with Crippen LogP contribution in [0.5, 0.6) is 0 Å². The van der Waals surface area contributed by atoms with E-state index in [1.165, 1.54) is 0 Å². The average molecular weight is 319 g/mol. The molecule has 0 bridgehead atoms. The van der Waals surface area contributed by atoms with Crippen molar-refractivity contribution < 1.29 is 4.79 Å². The number of hydrogen-bond acceptors (Lipinski definition) is 9. The number of carbonyl (C=O) groups is 1. The Morgan fingerprint density at radius 1 is 0.955 bits per heavy atom. The summed E-state index contributed by atoms with van der Waals surface area (Å²) in [4.78, 5) is 11.3. The largest absolute Gasteiger partial charge is 0.353 e. The Balaban J connectivity index is 3.33. The van der Waals surface area contributed by atoms with E-state index >= 15 is 0 Å². The van der Waals surface area contributed by atoms with E-state index in [2.05, 4.69) is 21.5 Å². The standard InChI is InChI=1S/C12H33N9O/c13-11(20-15)12(22)18-7-4-10-21(16)9-2-1-5-17-6-3-8-19-14/h11,17,19-20H,1-10,13-16H2,(H,18,22). The molecule has 12 N–H and O–H groups in total. The number of nitrogens with two attached hydrogens (primary N) is 4. The quantitative estimate of drug-likeness (QED) is 0.0663. The van der Waals surface area contributed by atoms with Gasteiger partial charge in [-0.15, -0.1) is 0 Å². The summed E-state index contributed by atoms with van der Waals surface area (Å²) >= 11 is 0. The first kappa shape index (κ1) is 21.1. The van der Waals surface area contributed by atoms with E-state index in [9.17, 15) is 4.79 Å². The lowest BCUT2D eigenvalue weighted by atomic mass is 10.3. The maximum atomic E-state index is 11.3. The van der Waals surface area contributed by atoms with Crippen LogP contribution in [0.3, 0.4) is 0 Å². The van der Waals surface area contributed by atoms with Gasteiger partial charge >= 0.3 is 0 Å². The Bertz CT molecular complexity index is 267. The normalized spacial score (nSPS) is 12.6. The van der Waals surface area contributed by atoms with Gasteiger partial charge in [0, 0.05) is 26.2 Å². The highest BCUT2D eigenvalue weighted by molar-refractivity contribution is 5.80. The van der Waals surface area contributed by atoms with Crippen LogP contribution in [0.4, 0.5) is 0 Å². The highest BCUT2D eigenvalue weighted by Gasteiger charge is 2.09. The summed E-state index contributed by atoms with van der Waals surface area (Å²) in [5, 5.41) is 7.79. The minimum absolute atomic E-state index is 0.318. The van der Waals surface area contributed by atoms with Crippen molar-refractivity contribution in [1.29, 1.82) is 0 Å². The maximum absolute atomic E-state index is 11.3. The zero-order chi connectivity index (χ0) is 16.6. The van der Waals surface area contributed by atoms with E-state index in [1.807, 2.05) is 0 Å². The highest BCUT2D eigenvalue weighted by Crippen LogP contribution is 1.91. The topological polar surface area (TPSA) is 173 Å². The lowest BCUT2D eigenvalue weighted by molar-refractivity contribution is -0.123. The second-order valence-electron chi connectivity index (χ2n) is 5.09. The van der Waals surface area contributed by atoms with Gasteiger partial charge in [-0.3, -0.25) is 27.7 Å². The summed E-state index contributed by atoms with van der Waals surface area (Å²) in [6.45, 7) is 4.87. The van der Waals surface area contributed by atoms with Crippen molar-refractivity contribution in [2.24, 2.45) is 23.3 Å². The van der Waals surface area contributed by atoms with E-state index in [-0.39, 0.29) is 5.91 Å². The van der Waals surface area contributed by atoms with Crippen LogP contribution < -0.4 is 44.7 Å². The molecule has 0 aliphatic carbocycles. The van der Waals surface area contributed by atoms with Crippen LogP contribution >= 0.6 is 0 Å². The Morgan fingerprint density at radius 2 is 1.64 bits per heavy atom. The second kappa shape index (κ2) is 15.1. The summed E-state index contributed by atoms with van der Waals surface area (Å²) in [5.41, 5.74) is 10.2. The van der Waals surface area contributed by atoms with Gasteiger partial charge in [0.15, 0.2) is 0 Å². The van der Waals surface area contributed by atoms with Crippen LogP contribution in [0, 0.1) is 0 Å². The third kappa shape index (κ3) is 12.9. The number of nitrogens with zero attached hydrogens (tertiary/aromatic N) is 1. The third-order valence-electron chi connectivity index (χ3n) is 3.11. The van der Waals surface area contributed by atoms with Gasteiger partial charge in [0.25, 0.3) is 5.91 Å². The fourth-order valence-corrected chi connectivity index (χ4v) is 1.80. The van der Waals surface area contributed by atoms with Crippen LogP contribution in [0.25, 0.3) is 0 Å². The fraction of sp³-hybridized carbons (Fsp3) is 0.917. The molecule has 0 fully saturated rings. The van der Waals surface area contributed by atoms with E-state index in [1.54, 1.807) is 5.01 Å². The molecule has 0 spiro atoms. The lowest BCUT2D eigenvalue weighted by Gasteiger charge is -2.17. The van der Waals surface area contributed by atoms with E-state index < -0.39 is 6.17 Å². The molecular weight excluding hydrogens is 286 g/mol. The summed E-state index contributed by atoms with van der Waals surface area (Å²) in [6.07, 6.45) is 3.03. The second-order valence-corrected chi connectivity index (χ2v) is 5.09. The molecule has 132 valence electrons. The molecule has 0 aromatic rings. The summed E-state index contributed by atoms with van der Waals surface area (Å²) < 4.78 is 0. The minimum Gasteiger partial charge on any atom is -0.353 e. The number of hydrogen-bond donors (Lipinski definition) is 8. The monoisotopic (exact) mass is 319 g/mol.